The van der Waals surface area contributed by atoms with Gasteiger partial charge < -0.3 is 5.32 Å². The third kappa shape index (κ3) is 6.84. The normalized spacial score (nSPS) is 16.1. The molecule has 0 bridgehead atoms. The number of hydrogen-bond donors (Lipinski definition) is 1. The predicted octanol–water partition coefficient (Wildman–Crippen LogP) is 4.31. The van der Waals surface area contributed by atoms with Gasteiger partial charge in [-0.05, 0) is 13.0 Å². The molecule has 1 fully saturated rings. The Morgan fingerprint density at radius 2 is 1.86 bits per heavy atom. The molecule has 1 saturated heterocycles. The Morgan fingerprint density at radius 3 is 2.14 bits per heavy atom. The molecule has 0 aliphatic carbocycles. The van der Waals surface area contributed by atoms with Gasteiger partial charge in [-0.3, -0.25) is 0 Å². The fraction of sp³-hybridized carbons (Fsp3) is 0.500. The van der Waals surface area contributed by atoms with E-state index in [0.29, 0.717) is 0 Å². The van der Waals surface area contributed by atoms with Crippen molar-refractivity contribution in [2.75, 3.05) is 5.88 Å². The first-order chi connectivity index (χ1) is 6.70. The summed E-state index contributed by atoms with van der Waals surface area (Å²) in [7, 11) is 0. The molecule has 1 heterocycles. The highest BCUT2D eigenvalue weighted by Crippen LogP contribution is 2.26. The van der Waals surface area contributed by atoms with Crippen LogP contribution in [0.15, 0.2) is 35.4 Å². The van der Waals surface area contributed by atoms with E-state index in [1.165, 1.54) is 0 Å². The Morgan fingerprint density at radius 1 is 1.36 bits per heavy atom. The third-order valence-electron chi connectivity index (χ3n) is 1.20. The second kappa shape index (κ2) is 10.5. The predicted molar refractivity (Wildman–Crippen MR) is 70.3 cm³/mol. The largest absolute Gasteiger partial charge is 0.375 e. The van der Waals surface area contributed by atoms with E-state index in [2.05, 4.69) is 18.5 Å². The molecule has 0 saturated carbocycles. The van der Waals surface area contributed by atoms with Gasteiger partial charge in [-0.15, -0.1) is 11.8 Å². The minimum atomic E-state index is 0.942. The quantitative estimate of drug-likeness (QED) is 0.696. The Hall–Kier alpha value is -0.630. The van der Waals surface area contributed by atoms with E-state index < -0.39 is 0 Å². The van der Waals surface area contributed by atoms with Gasteiger partial charge in [0.1, 0.15) is 0 Å². The van der Waals surface area contributed by atoms with Crippen LogP contribution in [0.25, 0.3) is 0 Å². The van der Waals surface area contributed by atoms with Crippen molar-refractivity contribution in [1.29, 1.82) is 0 Å². The van der Waals surface area contributed by atoms with Crippen LogP contribution in [0.1, 0.15) is 34.6 Å². The molecule has 1 rings (SSSR count). The van der Waals surface area contributed by atoms with Gasteiger partial charge in [0.2, 0.25) is 0 Å². The first-order valence-corrected chi connectivity index (χ1v) is 6.12. The zero-order valence-corrected chi connectivity index (χ0v) is 10.9. The molecule has 2 heteroatoms. The van der Waals surface area contributed by atoms with Crippen molar-refractivity contribution in [2.45, 2.75) is 34.6 Å². The third-order valence-corrected chi connectivity index (χ3v) is 2.06. The van der Waals surface area contributed by atoms with E-state index in [9.17, 15) is 0 Å². The van der Waals surface area contributed by atoms with Crippen molar-refractivity contribution < 1.29 is 0 Å². The maximum atomic E-state index is 3.88. The van der Waals surface area contributed by atoms with Crippen LogP contribution in [0, 0.1) is 0 Å². The van der Waals surface area contributed by atoms with Crippen molar-refractivity contribution in [3.63, 3.8) is 0 Å². The lowest BCUT2D eigenvalue weighted by atomic mass is 10.3. The molecule has 1 N–H and O–H groups in total. The fourth-order valence-corrected chi connectivity index (χ4v) is 1.44. The van der Waals surface area contributed by atoms with Crippen LogP contribution in [0.5, 0.6) is 0 Å². The van der Waals surface area contributed by atoms with E-state index in [0.717, 1.165) is 22.1 Å². The minimum absolute atomic E-state index is 0.942. The molecule has 0 aromatic heterocycles. The van der Waals surface area contributed by atoms with Crippen LogP contribution in [-0.2, 0) is 0 Å². The van der Waals surface area contributed by atoms with E-state index in [4.69, 9.17) is 0 Å². The van der Waals surface area contributed by atoms with Gasteiger partial charge in [0, 0.05) is 10.6 Å². The molecular weight excluding hydrogens is 190 g/mol. The van der Waals surface area contributed by atoms with Crippen LogP contribution in [-0.4, -0.2) is 5.88 Å². The Bertz CT molecular complexity index is 204. The number of hydrogen-bond acceptors (Lipinski definition) is 2. The molecule has 82 valence electrons. The standard InChI is InChI=1S/C8H11NS.2C2H6/c1-6(2)4-8-7(3)10-5-9-8;2*1-2/h4,9H,1,3,5H2,2H3;2*1-2H3/b8-4+;;. The molecule has 0 unspecified atom stereocenters. The Labute approximate surface area is 93.4 Å². The SMILES string of the molecule is C=C(C)/C=C1/NCSC1=C.CC.CC. The van der Waals surface area contributed by atoms with E-state index in [-0.39, 0.29) is 0 Å². The van der Waals surface area contributed by atoms with Crippen LogP contribution >= 0.6 is 11.8 Å². The number of rotatable bonds is 1. The highest BCUT2D eigenvalue weighted by molar-refractivity contribution is 8.03. The molecule has 1 aliphatic heterocycles. The minimum Gasteiger partial charge on any atom is -0.375 e. The summed E-state index contributed by atoms with van der Waals surface area (Å²) in [5, 5.41) is 3.20. The lowest BCUT2D eigenvalue weighted by molar-refractivity contribution is 1.02. The van der Waals surface area contributed by atoms with Crippen LogP contribution in [0.4, 0.5) is 0 Å². The second-order valence-corrected chi connectivity index (χ2v) is 3.36. The molecule has 0 spiro atoms. The summed E-state index contributed by atoms with van der Waals surface area (Å²) in [6, 6.07) is 0. The summed E-state index contributed by atoms with van der Waals surface area (Å²) in [6.45, 7) is 17.6. The summed E-state index contributed by atoms with van der Waals surface area (Å²) < 4.78 is 0. The number of allylic oxidation sites excluding steroid dienone is 2. The van der Waals surface area contributed by atoms with Crippen molar-refractivity contribution in [3.8, 4) is 0 Å². The smallest absolute Gasteiger partial charge is 0.0658 e. The van der Waals surface area contributed by atoms with Gasteiger partial charge in [-0.2, -0.15) is 0 Å². The van der Waals surface area contributed by atoms with Gasteiger partial charge in [0.05, 0.1) is 5.88 Å². The van der Waals surface area contributed by atoms with Gasteiger partial charge in [0.15, 0.2) is 0 Å². The number of thioether (sulfide) groups is 1. The topological polar surface area (TPSA) is 12.0 Å². The summed E-state index contributed by atoms with van der Waals surface area (Å²) in [5.74, 6) is 0.942. The summed E-state index contributed by atoms with van der Waals surface area (Å²) in [5.41, 5.74) is 2.18. The molecule has 1 nitrogen and oxygen atoms in total. The molecule has 0 aromatic carbocycles. The molecule has 0 amide bonds. The van der Waals surface area contributed by atoms with Gasteiger partial charge in [0.25, 0.3) is 0 Å². The molecule has 0 aromatic rings. The Balaban J connectivity index is 0. The molecule has 0 radical (unpaired) electrons. The summed E-state index contributed by atoms with van der Waals surface area (Å²) >= 11 is 1.73. The summed E-state index contributed by atoms with van der Waals surface area (Å²) in [6.07, 6.45) is 2.02. The fourth-order valence-electron chi connectivity index (χ4n) is 0.755. The Kier molecular flexibility index (Phi) is 11.8. The summed E-state index contributed by atoms with van der Waals surface area (Å²) in [4.78, 5) is 1.11. The van der Waals surface area contributed by atoms with Crippen LogP contribution < -0.4 is 5.32 Å². The van der Waals surface area contributed by atoms with Gasteiger partial charge in [-0.25, -0.2) is 0 Å². The van der Waals surface area contributed by atoms with Crippen molar-refractivity contribution in [2.24, 2.45) is 0 Å². The van der Waals surface area contributed by atoms with E-state index in [1.54, 1.807) is 11.8 Å². The zero-order valence-electron chi connectivity index (χ0n) is 10.1. The van der Waals surface area contributed by atoms with Crippen molar-refractivity contribution in [3.05, 3.63) is 35.4 Å². The maximum absolute atomic E-state index is 3.88. The first kappa shape index (κ1) is 15.8. The van der Waals surface area contributed by atoms with Gasteiger partial charge in [-0.1, -0.05) is 46.4 Å². The van der Waals surface area contributed by atoms with Crippen molar-refractivity contribution in [1.82, 2.24) is 5.32 Å². The monoisotopic (exact) mass is 213 g/mol. The van der Waals surface area contributed by atoms with Crippen molar-refractivity contribution >= 4 is 11.8 Å². The molecule has 14 heavy (non-hydrogen) atoms. The average molecular weight is 213 g/mol. The van der Waals surface area contributed by atoms with Crippen LogP contribution in [0.3, 0.4) is 0 Å². The number of nitrogens with one attached hydrogen (secondary N) is 1. The first-order valence-electron chi connectivity index (χ1n) is 5.13. The molecular formula is C12H23NS. The second-order valence-electron chi connectivity index (χ2n) is 2.29. The van der Waals surface area contributed by atoms with Crippen LogP contribution in [0.2, 0.25) is 0 Å². The highest BCUT2D eigenvalue weighted by atomic mass is 32.2. The lowest BCUT2D eigenvalue weighted by Gasteiger charge is -1.96. The average Bonchev–Trinajstić information content (AvgIpc) is 2.58. The molecule has 1 aliphatic rings. The molecule has 0 atom stereocenters. The van der Waals surface area contributed by atoms with E-state index in [1.807, 2.05) is 40.7 Å². The van der Waals surface area contributed by atoms with E-state index >= 15 is 0 Å². The maximum Gasteiger partial charge on any atom is 0.0658 e. The zero-order chi connectivity index (χ0) is 11.6. The highest BCUT2D eigenvalue weighted by Gasteiger charge is 2.09. The van der Waals surface area contributed by atoms with Gasteiger partial charge >= 0.3 is 0 Å². The lowest BCUT2D eigenvalue weighted by Crippen LogP contribution is -2.02.